The van der Waals surface area contributed by atoms with Gasteiger partial charge in [-0.3, -0.25) is 4.68 Å². The molecule has 0 spiro atoms. The molecule has 2 heterocycles. The van der Waals surface area contributed by atoms with Crippen LogP contribution in [0.2, 0.25) is 0 Å². The Kier molecular flexibility index (Phi) is 2.83. The first-order valence-corrected chi connectivity index (χ1v) is 5.87. The number of hydrogen-bond acceptors (Lipinski definition) is 2. The third-order valence-corrected chi connectivity index (χ3v) is 2.97. The molecule has 1 aromatic heterocycles. The van der Waals surface area contributed by atoms with Crippen LogP contribution in [0.4, 0.5) is 0 Å². The summed E-state index contributed by atoms with van der Waals surface area (Å²) < 4.78 is 2.15. The molecule has 1 saturated heterocycles. The van der Waals surface area contributed by atoms with E-state index in [1.54, 1.807) is 0 Å². The Bertz CT molecular complexity index is 316. The van der Waals surface area contributed by atoms with Crippen molar-refractivity contribution >= 4 is 0 Å². The standard InChI is InChI=1S/C12H21N3/c1-12(2,3)15-11(7-9-14-15)10-6-4-5-8-13-10/h7,9-10,13H,4-6,8H2,1-3H3/t10-/m0/s1. The van der Waals surface area contributed by atoms with E-state index < -0.39 is 0 Å². The molecule has 84 valence electrons. The Morgan fingerprint density at radius 3 is 2.80 bits per heavy atom. The number of rotatable bonds is 1. The SMILES string of the molecule is CC(C)(C)n1nccc1[C@@H]1CCCCN1. The van der Waals surface area contributed by atoms with E-state index in [0.717, 1.165) is 6.54 Å². The van der Waals surface area contributed by atoms with Gasteiger partial charge in [-0.25, -0.2) is 0 Å². The van der Waals surface area contributed by atoms with Gasteiger partial charge < -0.3 is 5.32 Å². The molecule has 0 unspecified atom stereocenters. The summed E-state index contributed by atoms with van der Waals surface area (Å²) in [6, 6.07) is 2.65. The van der Waals surface area contributed by atoms with Crippen LogP contribution in [0, 0.1) is 0 Å². The lowest BCUT2D eigenvalue weighted by molar-refractivity contribution is 0.310. The highest BCUT2D eigenvalue weighted by Crippen LogP contribution is 2.26. The van der Waals surface area contributed by atoms with Crippen LogP contribution in [0.1, 0.15) is 51.8 Å². The van der Waals surface area contributed by atoms with Gasteiger partial charge in [0.1, 0.15) is 0 Å². The molecule has 1 fully saturated rings. The highest BCUT2D eigenvalue weighted by atomic mass is 15.3. The van der Waals surface area contributed by atoms with Crippen molar-refractivity contribution in [2.24, 2.45) is 0 Å². The predicted octanol–water partition coefficient (Wildman–Crippen LogP) is 2.45. The minimum atomic E-state index is 0.0813. The third kappa shape index (κ3) is 2.23. The minimum absolute atomic E-state index is 0.0813. The predicted molar refractivity (Wildman–Crippen MR) is 61.8 cm³/mol. The molecule has 0 amide bonds. The monoisotopic (exact) mass is 207 g/mol. The van der Waals surface area contributed by atoms with E-state index in [-0.39, 0.29) is 5.54 Å². The molecule has 0 saturated carbocycles. The molecule has 2 rings (SSSR count). The molecule has 1 atom stereocenters. The zero-order valence-corrected chi connectivity index (χ0v) is 9.95. The Labute approximate surface area is 91.9 Å². The maximum absolute atomic E-state index is 4.44. The summed E-state index contributed by atoms with van der Waals surface area (Å²) in [5, 5.41) is 8.01. The quantitative estimate of drug-likeness (QED) is 0.766. The molecule has 0 bridgehead atoms. The van der Waals surface area contributed by atoms with Gasteiger partial charge in [-0.1, -0.05) is 6.42 Å². The van der Waals surface area contributed by atoms with Crippen LogP contribution >= 0.6 is 0 Å². The number of nitrogens with one attached hydrogen (secondary N) is 1. The van der Waals surface area contributed by atoms with Crippen LogP contribution in [-0.2, 0) is 5.54 Å². The molecule has 15 heavy (non-hydrogen) atoms. The van der Waals surface area contributed by atoms with Crippen molar-refractivity contribution in [3.8, 4) is 0 Å². The molecule has 0 aromatic carbocycles. The number of aromatic nitrogens is 2. The highest BCUT2D eigenvalue weighted by Gasteiger charge is 2.23. The zero-order chi connectivity index (χ0) is 10.9. The molecule has 1 N–H and O–H groups in total. The molecule has 0 radical (unpaired) electrons. The topological polar surface area (TPSA) is 29.9 Å². The molecule has 0 aliphatic carbocycles. The molecule has 1 aliphatic heterocycles. The Balaban J connectivity index is 2.24. The smallest absolute Gasteiger partial charge is 0.0559 e. The molecule has 1 aliphatic rings. The second-order valence-electron chi connectivity index (χ2n) is 5.34. The highest BCUT2D eigenvalue weighted by molar-refractivity contribution is 5.09. The van der Waals surface area contributed by atoms with Crippen molar-refractivity contribution in [2.45, 2.75) is 51.6 Å². The lowest BCUT2D eigenvalue weighted by Crippen LogP contribution is -2.33. The summed E-state index contributed by atoms with van der Waals surface area (Å²) in [7, 11) is 0. The summed E-state index contributed by atoms with van der Waals surface area (Å²) in [4.78, 5) is 0. The first-order valence-electron chi connectivity index (χ1n) is 5.87. The Morgan fingerprint density at radius 1 is 1.40 bits per heavy atom. The van der Waals surface area contributed by atoms with Crippen LogP contribution in [0.25, 0.3) is 0 Å². The fourth-order valence-electron chi connectivity index (χ4n) is 2.24. The van der Waals surface area contributed by atoms with E-state index in [0.29, 0.717) is 6.04 Å². The molecule has 3 nitrogen and oxygen atoms in total. The van der Waals surface area contributed by atoms with E-state index in [1.165, 1.54) is 25.0 Å². The molecular weight excluding hydrogens is 186 g/mol. The fourth-order valence-corrected chi connectivity index (χ4v) is 2.24. The first kappa shape index (κ1) is 10.7. The van der Waals surface area contributed by atoms with Gasteiger partial charge in [0.15, 0.2) is 0 Å². The second kappa shape index (κ2) is 3.97. The first-order chi connectivity index (χ1) is 7.09. The summed E-state index contributed by atoms with van der Waals surface area (Å²) in [6.45, 7) is 7.74. The van der Waals surface area contributed by atoms with Crippen LogP contribution in [0.15, 0.2) is 12.3 Å². The van der Waals surface area contributed by atoms with Gasteiger partial charge in [0.05, 0.1) is 11.2 Å². The third-order valence-electron chi connectivity index (χ3n) is 2.97. The van der Waals surface area contributed by atoms with E-state index in [1.807, 2.05) is 6.20 Å². The average molecular weight is 207 g/mol. The van der Waals surface area contributed by atoms with E-state index in [2.05, 4.69) is 41.9 Å². The van der Waals surface area contributed by atoms with Crippen molar-refractivity contribution in [1.29, 1.82) is 0 Å². The summed E-state index contributed by atoms with van der Waals surface area (Å²) in [5.74, 6) is 0. The normalized spacial score (nSPS) is 23.0. The van der Waals surface area contributed by atoms with Crippen LogP contribution in [0.5, 0.6) is 0 Å². The van der Waals surface area contributed by atoms with E-state index >= 15 is 0 Å². The molecule has 1 aromatic rings. The largest absolute Gasteiger partial charge is 0.309 e. The van der Waals surface area contributed by atoms with Crippen LogP contribution in [0.3, 0.4) is 0 Å². The maximum Gasteiger partial charge on any atom is 0.0559 e. The minimum Gasteiger partial charge on any atom is -0.309 e. The van der Waals surface area contributed by atoms with Gasteiger partial charge in [0, 0.05) is 12.2 Å². The van der Waals surface area contributed by atoms with Gasteiger partial charge in [-0.05, 0) is 46.2 Å². The Morgan fingerprint density at radius 2 is 2.20 bits per heavy atom. The fraction of sp³-hybridized carbons (Fsp3) is 0.750. The number of nitrogens with zero attached hydrogens (tertiary/aromatic N) is 2. The van der Waals surface area contributed by atoms with Crippen LogP contribution < -0.4 is 5.32 Å². The summed E-state index contributed by atoms with van der Waals surface area (Å²) >= 11 is 0. The van der Waals surface area contributed by atoms with Crippen molar-refractivity contribution in [3.05, 3.63) is 18.0 Å². The van der Waals surface area contributed by atoms with Gasteiger partial charge in [-0.15, -0.1) is 0 Å². The lowest BCUT2D eigenvalue weighted by Gasteiger charge is -2.29. The molecular formula is C12H21N3. The summed E-state index contributed by atoms with van der Waals surface area (Å²) in [5.41, 5.74) is 1.42. The molecule has 3 heteroatoms. The van der Waals surface area contributed by atoms with Gasteiger partial charge in [0.2, 0.25) is 0 Å². The lowest BCUT2D eigenvalue weighted by atomic mass is 10.0. The zero-order valence-electron chi connectivity index (χ0n) is 9.95. The average Bonchev–Trinajstić information content (AvgIpc) is 2.67. The van der Waals surface area contributed by atoms with Crippen LogP contribution in [-0.4, -0.2) is 16.3 Å². The van der Waals surface area contributed by atoms with Crippen molar-refractivity contribution in [1.82, 2.24) is 15.1 Å². The van der Waals surface area contributed by atoms with E-state index in [9.17, 15) is 0 Å². The van der Waals surface area contributed by atoms with Crippen molar-refractivity contribution < 1.29 is 0 Å². The number of piperidine rings is 1. The van der Waals surface area contributed by atoms with Gasteiger partial charge in [0.25, 0.3) is 0 Å². The Hall–Kier alpha value is -0.830. The number of hydrogen-bond donors (Lipinski definition) is 1. The van der Waals surface area contributed by atoms with Crippen molar-refractivity contribution in [2.75, 3.05) is 6.54 Å². The second-order valence-corrected chi connectivity index (χ2v) is 5.34. The maximum atomic E-state index is 4.44. The van der Waals surface area contributed by atoms with Crippen molar-refractivity contribution in [3.63, 3.8) is 0 Å². The summed E-state index contributed by atoms with van der Waals surface area (Å²) in [6.07, 6.45) is 5.78. The van der Waals surface area contributed by atoms with E-state index in [4.69, 9.17) is 0 Å². The van der Waals surface area contributed by atoms with Gasteiger partial charge in [-0.2, -0.15) is 5.10 Å². The van der Waals surface area contributed by atoms with Gasteiger partial charge >= 0.3 is 0 Å².